The molecule has 0 bridgehead atoms. The number of aromatic nitrogens is 4. The molecular weight excluding hydrogens is 433 g/mol. The molecule has 0 aliphatic carbocycles. The van der Waals surface area contributed by atoms with Crippen molar-refractivity contribution in [3.05, 3.63) is 56.5 Å². The molecule has 1 amide bonds. The molecule has 1 aromatic carbocycles. The van der Waals surface area contributed by atoms with Crippen molar-refractivity contribution >= 4 is 28.8 Å². The molecule has 1 aliphatic heterocycles. The van der Waals surface area contributed by atoms with Crippen LogP contribution in [-0.4, -0.2) is 48.3 Å². The molecule has 1 aliphatic rings. The number of imidazole rings is 1. The van der Waals surface area contributed by atoms with Crippen molar-refractivity contribution in [2.24, 2.45) is 20.0 Å². The average Bonchev–Trinajstić information content (AvgIpc) is 3.14. The van der Waals surface area contributed by atoms with E-state index in [2.05, 4.69) is 11.9 Å². The zero-order chi connectivity index (χ0) is 23.0. The smallest absolute Gasteiger partial charge is 0.332 e. The molecular formula is C22H26FN5O3S. The molecule has 2 aromatic heterocycles. The van der Waals surface area contributed by atoms with E-state index in [4.69, 9.17) is 0 Å². The monoisotopic (exact) mass is 459 g/mol. The van der Waals surface area contributed by atoms with Gasteiger partial charge in [-0.1, -0.05) is 30.8 Å². The zero-order valence-electron chi connectivity index (χ0n) is 18.4. The minimum Gasteiger partial charge on any atom is -0.342 e. The molecule has 8 nitrogen and oxygen atoms in total. The van der Waals surface area contributed by atoms with Gasteiger partial charge in [-0.05, 0) is 36.5 Å². The number of likely N-dealkylation sites (tertiary alicyclic amines) is 1. The van der Waals surface area contributed by atoms with E-state index in [1.54, 1.807) is 23.7 Å². The Balaban J connectivity index is 1.72. The Morgan fingerprint density at radius 3 is 2.59 bits per heavy atom. The number of aryl methyl sites for hydroxylation is 1. The van der Waals surface area contributed by atoms with Crippen molar-refractivity contribution in [3.8, 4) is 0 Å². The van der Waals surface area contributed by atoms with Crippen molar-refractivity contribution < 1.29 is 9.18 Å². The van der Waals surface area contributed by atoms with E-state index in [1.165, 1.54) is 35.5 Å². The number of hydrogen-bond acceptors (Lipinski definition) is 5. The number of carbonyl (C=O) groups is 1. The number of fused-ring (bicyclic) bond motifs is 1. The summed E-state index contributed by atoms with van der Waals surface area (Å²) in [5.41, 5.74) is 0.395. The molecule has 1 atom stereocenters. The minimum atomic E-state index is -0.469. The van der Waals surface area contributed by atoms with Gasteiger partial charge in [0.15, 0.2) is 16.3 Å². The van der Waals surface area contributed by atoms with Crippen molar-refractivity contribution in [1.82, 2.24) is 23.6 Å². The summed E-state index contributed by atoms with van der Waals surface area (Å²) >= 11 is 1.25. The second-order valence-electron chi connectivity index (χ2n) is 8.36. The lowest BCUT2D eigenvalue weighted by Crippen LogP contribution is -2.40. The Kier molecular flexibility index (Phi) is 6.23. The Bertz CT molecular complexity index is 1280. The van der Waals surface area contributed by atoms with Gasteiger partial charge in [-0.15, -0.1) is 0 Å². The lowest BCUT2D eigenvalue weighted by Gasteiger charge is -2.30. The van der Waals surface area contributed by atoms with Gasteiger partial charge in [-0.2, -0.15) is 0 Å². The molecule has 3 aromatic rings. The fraction of sp³-hybridized carbons (Fsp3) is 0.455. The molecule has 0 N–H and O–H groups in total. The quantitative estimate of drug-likeness (QED) is 0.545. The van der Waals surface area contributed by atoms with Crippen LogP contribution in [0, 0.1) is 11.7 Å². The number of hydrogen-bond donors (Lipinski definition) is 0. The standard InChI is InChI=1S/C22H26FN5O3S/c1-14-5-4-10-27(11-14)17(29)13-32-21-24-19-18(20(30)26(3)22(31)25(19)2)28(21)12-15-6-8-16(23)9-7-15/h6-9,14H,4-5,10-13H2,1-3H3/t14-/m0/s1. The molecule has 0 radical (unpaired) electrons. The highest BCUT2D eigenvalue weighted by Gasteiger charge is 2.24. The minimum absolute atomic E-state index is 0.0312. The van der Waals surface area contributed by atoms with E-state index in [9.17, 15) is 18.8 Å². The number of thioether (sulfide) groups is 1. The van der Waals surface area contributed by atoms with Gasteiger partial charge in [0, 0.05) is 27.2 Å². The number of benzene rings is 1. The van der Waals surface area contributed by atoms with E-state index >= 15 is 0 Å². The summed E-state index contributed by atoms with van der Waals surface area (Å²) in [6.07, 6.45) is 2.13. The van der Waals surface area contributed by atoms with Gasteiger partial charge in [0.1, 0.15) is 5.82 Å². The van der Waals surface area contributed by atoms with Gasteiger partial charge in [0.05, 0.1) is 12.3 Å². The second kappa shape index (κ2) is 8.93. The van der Waals surface area contributed by atoms with Crippen LogP contribution in [0.4, 0.5) is 4.39 Å². The molecule has 3 heterocycles. The number of amides is 1. The van der Waals surface area contributed by atoms with Crippen LogP contribution in [0.1, 0.15) is 25.3 Å². The fourth-order valence-electron chi connectivity index (χ4n) is 4.09. The van der Waals surface area contributed by atoms with Gasteiger partial charge in [0.25, 0.3) is 5.56 Å². The van der Waals surface area contributed by atoms with Gasteiger partial charge >= 0.3 is 5.69 Å². The maximum Gasteiger partial charge on any atom is 0.332 e. The second-order valence-corrected chi connectivity index (χ2v) is 9.30. The van der Waals surface area contributed by atoms with Gasteiger partial charge in [-0.25, -0.2) is 14.2 Å². The predicted octanol–water partition coefficient (Wildman–Crippen LogP) is 1.97. The van der Waals surface area contributed by atoms with Crippen molar-refractivity contribution in [2.45, 2.75) is 31.5 Å². The first-order valence-electron chi connectivity index (χ1n) is 10.6. The molecule has 4 rings (SSSR count). The van der Waals surface area contributed by atoms with Crippen LogP contribution in [0.2, 0.25) is 0 Å². The van der Waals surface area contributed by atoms with Crippen LogP contribution in [0.3, 0.4) is 0 Å². The number of carbonyl (C=O) groups excluding carboxylic acids is 1. The first-order chi connectivity index (χ1) is 15.3. The summed E-state index contributed by atoms with van der Waals surface area (Å²) in [6, 6.07) is 6.00. The molecule has 1 saturated heterocycles. The SMILES string of the molecule is C[C@H]1CCCN(C(=O)CSc2nc3c(c(=O)n(C)c(=O)n3C)n2Cc2ccc(F)cc2)C1. The lowest BCUT2D eigenvalue weighted by atomic mass is 10.0. The van der Waals surface area contributed by atoms with E-state index in [0.717, 1.165) is 36.1 Å². The maximum atomic E-state index is 13.4. The Morgan fingerprint density at radius 2 is 1.91 bits per heavy atom. The number of halogens is 1. The average molecular weight is 460 g/mol. The van der Waals surface area contributed by atoms with Crippen molar-refractivity contribution in [2.75, 3.05) is 18.8 Å². The van der Waals surface area contributed by atoms with Crippen molar-refractivity contribution in [1.29, 1.82) is 0 Å². The van der Waals surface area contributed by atoms with Crippen LogP contribution in [0.25, 0.3) is 11.2 Å². The van der Waals surface area contributed by atoms with Crippen LogP contribution < -0.4 is 11.2 Å². The number of piperidine rings is 1. The summed E-state index contributed by atoms with van der Waals surface area (Å²) < 4.78 is 17.4. The summed E-state index contributed by atoms with van der Waals surface area (Å²) in [7, 11) is 2.99. The largest absolute Gasteiger partial charge is 0.342 e. The topological polar surface area (TPSA) is 82.1 Å². The molecule has 0 unspecified atom stereocenters. The summed E-state index contributed by atoms with van der Waals surface area (Å²) in [6.45, 7) is 3.91. The zero-order valence-corrected chi connectivity index (χ0v) is 19.2. The number of nitrogens with zero attached hydrogens (tertiary/aromatic N) is 5. The van der Waals surface area contributed by atoms with Crippen LogP contribution in [0.5, 0.6) is 0 Å². The Labute approximate surface area is 188 Å². The summed E-state index contributed by atoms with van der Waals surface area (Å²) in [5, 5.41) is 0.473. The van der Waals surface area contributed by atoms with E-state index in [0.29, 0.717) is 11.1 Å². The summed E-state index contributed by atoms with van der Waals surface area (Å²) in [5.74, 6) is 0.355. The third kappa shape index (κ3) is 4.23. The maximum absolute atomic E-state index is 13.4. The number of rotatable bonds is 5. The van der Waals surface area contributed by atoms with Crippen molar-refractivity contribution in [3.63, 3.8) is 0 Å². The Morgan fingerprint density at radius 1 is 1.19 bits per heavy atom. The molecule has 10 heteroatoms. The highest BCUT2D eigenvalue weighted by molar-refractivity contribution is 7.99. The summed E-state index contributed by atoms with van der Waals surface area (Å²) in [4.78, 5) is 44.6. The fourth-order valence-corrected chi connectivity index (χ4v) is 4.99. The van der Waals surface area contributed by atoms with E-state index < -0.39 is 11.2 Å². The first-order valence-corrected chi connectivity index (χ1v) is 11.6. The van der Waals surface area contributed by atoms with Crippen LogP contribution >= 0.6 is 11.8 Å². The molecule has 1 fully saturated rings. The highest BCUT2D eigenvalue weighted by Crippen LogP contribution is 2.24. The van der Waals surface area contributed by atoms with Gasteiger partial charge < -0.3 is 9.47 Å². The molecule has 0 saturated carbocycles. The lowest BCUT2D eigenvalue weighted by molar-refractivity contribution is -0.130. The molecule has 170 valence electrons. The third-order valence-corrected chi connectivity index (χ3v) is 6.86. The third-order valence-electron chi connectivity index (χ3n) is 5.90. The predicted molar refractivity (Wildman–Crippen MR) is 121 cm³/mol. The molecule has 0 spiro atoms. The first kappa shape index (κ1) is 22.3. The Hall–Kier alpha value is -2.88. The highest BCUT2D eigenvalue weighted by atomic mass is 32.2. The molecule has 32 heavy (non-hydrogen) atoms. The van der Waals surface area contributed by atoms with E-state index in [-0.39, 0.29) is 35.2 Å². The van der Waals surface area contributed by atoms with Crippen LogP contribution in [-0.2, 0) is 25.4 Å². The van der Waals surface area contributed by atoms with E-state index in [1.807, 2.05) is 4.90 Å². The normalized spacial score (nSPS) is 16.6. The van der Waals surface area contributed by atoms with Gasteiger partial charge in [0.2, 0.25) is 5.91 Å². The van der Waals surface area contributed by atoms with Crippen LogP contribution in [0.15, 0.2) is 39.0 Å². The van der Waals surface area contributed by atoms with Gasteiger partial charge in [-0.3, -0.25) is 18.7 Å².